The molecule has 1 aromatic carbocycles. The first-order valence-corrected chi connectivity index (χ1v) is 6.80. The van der Waals surface area contributed by atoms with Gasteiger partial charge in [-0.05, 0) is 25.1 Å². The second-order valence-corrected chi connectivity index (χ2v) is 5.65. The molecule has 1 amide bonds. The fourth-order valence-corrected chi connectivity index (χ4v) is 2.14. The predicted molar refractivity (Wildman–Crippen MR) is 76.6 cm³/mol. The van der Waals surface area contributed by atoms with Crippen molar-refractivity contribution in [1.82, 2.24) is 5.32 Å². The smallest absolute Gasteiger partial charge is 0.250 e. The highest BCUT2D eigenvalue weighted by molar-refractivity contribution is 9.10. The monoisotopic (exact) mass is 328 g/mol. The lowest BCUT2D eigenvalue weighted by Crippen LogP contribution is -2.59. The van der Waals surface area contributed by atoms with E-state index < -0.39 is 0 Å². The van der Waals surface area contributed by atoms with Gasteiger partial charge in [0.15, 0.2) is 0 Å². The number of ether oxygens (including phenoxy) is 2. The van der Waals surface area contributed by atoms with Crippen molar-refractivity contribution in [2.75, 3.05) is 32.1 Å². The van der Waals surface area contributed by atoms with E-state index in [1.54, 1.807) is 19.2 Å². The third-order valence-corrected chi connectivity index (χ3v) is 3.48. The van der Waals surface area contributed by atoms with Crippen molar-refractivity contribution in [2.24, 2.45) is 0 Å². The maximum absolute atomic E-state index is 11.9. The van der Waals surface area contributed by atoms with Gasteiger partial charge in [-0.15, -0.1) is 0 Å². The van der Waals surface area contributed by atoms with Crippen molar-refractivity contribution in [3.63, 3.8) is 0 Å². The second-order valence-electron chi connectivity index (χ2n) is 4.73. The predicted octanol–water partition coefficient (Wildman–Crippen LogP) is 1.77. The van der Waals surface area contributed by atoms with Gasteiger partial charge in [-0.2, -0.15) is 0 Å². The van der Waals surface area contributed by atoms with Gasteiger partial charge in [0, 0.05) is 17.6 Å². The van der Waals surface area contributed by atoms with Crippen LogP contribution >= 0.6 is 15.9 Å². The summed E-state index contributed by atoms with van der Waals surface area (Å²) in [5.74, 6) is 0.428. The molecule has 1 aliphatic heterocycles. The molecule has 6 heteroatoms. The summed E-state index contributed by atoms with van der Waals surface area (Å²) in [7, 11) is 1.57. The molecule has 1 heterocycles. The van der Waals surface area contributed by atoms with E-state index >= 15 is 0 Å². The van der Waals surface area contributed by atoms with Crippen LogP contribution in [0.4, 0.5) is 5.69 Å². The van der Waals surface area contributed by atoms with Crippen LogP contribution in [-0.4, -0.2) is 38.3 Å². The van der Waals surface area contributed by atoms with Gasteiger partial charge in [0.2, 0.25) is 0 Å². The number of methoxy groups -OCH3 is 1. The number of halogens is 1. The minimum atomic E-state index is -0.224. The standard InChI is InChI=1S/C13H17BrN2O3/c1-13(7-15-8-13)19-6-12(17)16-10-5-9(14)3-4-11(10)18-2/h3-5,15H,6-8H2,1-2H3,(H,16,17). The summed E-state index contributed by atoms with van der Waals surface area (Å²) in [4.78, 5) is 11.9. The lowest BCUT2D eigenvalue weighted by molar-refractivity contribution is -0.130. The highest BCUT2D eigenvalue weighted by Gasteiger charge is 2.33. The van der Waals surface area contributed by atoms with E-state index in [1.165, 1.54) is 0 Å². The van der Waals surface area contributed by atoms with E-state index in [4.69, 9.17) is 9.47 Å². The van der Waals surface area contributed by atoms with Gasteiger partial charge in [-0.1, -0.05) is 15.9 Å². The van der Waals surface area contributed by atoms with Gasteiger partial charge in [-0.3, -0.25) is 4.79 Å². The number of carbonyl (C=O) groups is 1. The molecule has 1 aromatic rings. The maximum atomic E-state index is 11.9. The fraction of sp³-hybridized carbons (Fsp3) is 0.462. The summed E-state index contributed by atoms with van der Waals surface area (Å²) in [6, 6.07) is 5.44. The van der Waals surface area contributed by atoms with Gasteiger partial charge in [0.05, 0.1) is 18.4 Å². The van der Waals surface area contributed by atoms with E-state index in [0.29, 0.717) is 11.4 Å². The minimum Gasteiger partial charge on any atom is -0.495 e. The number of anilines is 1. The van der Waals surface area contributed by atoms with Gasteiger partial charge in [0.25, 0.3) is 5.91 Å². The Balaban J connectivity index is 1.92. The Morgan fingerprint density at radius 3 is 2.84 bits per heavy atom. The molecule has 0 bridgehead atoms. The largest absolute Gasteiger partial charge is 0.495 e. The zero-order chi connectivity index (χ0) is 13.9. The molecule has 2 N–H and O–H groups in total. The summed E-state index contributed by atoms with van der Waals surface area (Å²) >= 11 is 3.36. The van der Waals surface area contributed by atoms with Crippen LogP contribution in [0.5, 0.6) is 5.75 Å². The summed E-state index contributed by atoms with van der Waals surface area (Å²) in [5, 5.41) is 5.90. The highest BCUT2D eigenvalue weighted by atomic mass is 79.9. The molecule has 1 fully saturated rings. The topological polar surface area (TPSA) is 59.6 Å². The first-order valence-electron chi connectivity index (χ1n) is 6.00. The van der Waals surface area contributed by atoms with Gasteiger partial charge < -0.3 is 20.1 Å². The lowest BCUT2D eigenvalue weighted by atomic mass is 10.0. The number of nitrogens with one attached hydrogen (secondary N) is 2. The Bertz CT molecular complexity index is 475. The Kier molecular flexibility index (Phi) is 4.44. The Hall–Kier alpha value is -1.11. The van der Waals surface area contributed by atoms with Crippen molar-refractivity contribution >= 4 is 27.5 Å². The van der Waals surface area contributed by atoms with Crippen molar-refractivity contribution in [1.29, 1.82) is 0 Å². The van der Waals surface area contributed by atoms with Crippen LogP contribution in [0.25, 0.3) is 0 Å². The number of rotatable bonds is 5. The van der Waals surface area contributed by atoms with Crippen LogP contribution < -0.4 is 15.4 Å². The van der Waals surface area contributed by atoms with Crippen molar-refractivity contribution in [3.8, 4) is 5.75 Å². The molecule has 0 atom stereocenters. The van der Waals surface area contributed by atoms with E-state index in [9.17, 15) is 4.79 Å². The maximum Gasteiger partial charge on any atom is 0.250 e. The van der Waals surface area contributed by atoms with E-state index in [-0.39, 0.29) is 18.1 Å². The Labute approximate surface area is 120 Å². The van der Waals surface area contributed by atoms with E-state index in [2.05, 4.69) is 26.6 Å². The molecular formula is C13H17BrN2O3. The molecule has 0 saturated carbocycles. The SMILES string of the molecule is COc1ccc(Br)cc1NC(=O)COC1(C)CNC1. The van der Waals surface area contributed by atoms with Gasteiger partial charge in [-0.25, -0.2) is 0 Å². The fourth-order valence-electron chi connectivity index (χ4n) is 1.78. The molecule has 2 rings (SSSR count). The number of carbonyl (C=O) groups excluding carboxylic acids is 1. The molecule has 0 radical (unpaired) electrons. The third kappa shape index (κ3) is 3.68. The molecule has 5 nitrogen and oxygen atoms in total. The second kappa shape index (κ2) is 5.90. The van der Waals surface area contributed by atoms with Crippen LogP contribution in [0, 0.1) is 0 Å². The average molecular weight is 329 g/mol. The zero-order valence-electron chi connectivity index (χ0n) is 11.0. The van der Waals surface area contributed by atoms with Crippen molar-refractivity contribution in [3.05, 3.63) is 22.7 Å². The normalized spacial score (nSPS) is 16.6. The van der Waals surface area contributed by atoms with Crippen LogP contribution in [0.2, 0.25) is 0 Å². The molecule has 0 aliphatic carbocycles. The molecule has 1 saturated heterocycles. The summed E-state index contributed by atoms with van der Waals surface area (Å²) < 4.78 is 11.6. The first-order chi connectivity index (χ1) is 9.02. The highest BCUT2D eigenvalue weighted by Crippen LogP contribution is 2.27. The number of hydrogen-bond acceptors (Lipinski definition) is 4. The molecular weight excluding hydrogens is 312 g/mol. The summed E-state index contributed by atoms with van der Waals surface area (Å²) in [5.41, 5.74) is 0.404. The molecule has 1 aliphatic rings. The van der Waals surface area contributed by atoms with E-state index in [0.717, 1.165) is 17.6 Å². The van der Waals surface area contributed by atoms with Crippen LogP contribution in [0.15, 0.2) is 22.7 Å². The summed E-state index contributed by atoms with van der Waals surface area (Å²) in [6.07, 6.45) is 0. The third-order valence-electron chi connectivity index (χ3n) is 2.99. The molecule has 104 valence electrons. The van der Waals surface area contributed by atoms with Gasteiger partial charge in [0.1, 0.15) is 12.4 Å². The van der Waals surface area contributed by atoms with Crippen LogP contribution in [0.1, 0.15) is 6.92 Å². The van der Waals surface area contributed by atoms with Gasteiger partial charge >= 0.3 is 0 Å². The minimum absolute atomic E-state index is 0.0356. The average Bonchev–Trinajstić information content (AvgIpc) is 2.34. The molecule has 0 spiro atoms. The van der Waals surface area contributed by atoms with Crippen molar-refractivity contribution in [2.45, 2.75) is 12.5 Å². The number of amides is 1. The van der Waals surface area contributed by atoms with Crippen molar-refractivity contribution < 1.29 is 14.3 Å². The number of benzene rings is 1. The first kappa shape index (κ1) is 14.3. The van der Waals surface area contributed by atoms with E-state index in [1.807, 2.05) is 13.0 Å². The summed E-state index contributed by atoms with van der Waals surface area (Å²) in [6.45, 7) is 3.57. The molecule has 19 heavy (non-hydrogen) atoms. The quantitative estimate of drug-likeness (QED) is 0.864. The molecule has 0 aromatic heterocycles. The Morgan fingerprint density at radius 2 is 2.26 bits per heavy atom. The van der Waals surface area contributed by atoms with Crippen LogP contribution in [0.3, 0.4) is 0 Å². The lowest BCUT2D eigenvalue weighted by Gasteiger charge is -2.38. The molecule has 0 unspecified atom stereocenters. The zero-order valence-corrected chi connectivity index (χ0v) is 12.5. The number of hydrogen-bond donors (Lipinski definition) is 2. The van der Waals surface area contributed by atoms with Crippen LogP contribution in [-0.2, 0) is 9.53 Å². The Morgan fingerprint density at radius 1 is 1.53 bits per heavy atom.